The first-order valence-electron chi connectivity index (χ1n) is 23.0. The van der Waals surface area contributed by atoms with Crippen LogP contribution in [-0.2, 0) is 27.5 Å². The summed E-state index contributed by atoms with van der Waals surface area (Å²) in [5.74, 6) is 1.97. The van der Waals surface area contributed by atoms with Crippen LogP contribution in [0, 0.1) is 18.5 Å². The second-order valence-corrected chi connectivity index (χ2v) is 17.1. The number of imidazole rings is 1. The van der Waals surface area contributed by atoms with Crippen LogP contribution in [0.25, 0.3) is 99.8 Å². The van der Waals surface area contributed by atoms with Gasteiger partial charge in [-0.15, -0.1) is 29.7 Å². The molecule has 4 heterocycles. The maximum absolute atomic E-state index is 6.73. The summed E-state index contributed by atoms with van der Waals surface area (Å²) in [5.41, 5.74) is 14.9. The zero-order valence-corrected chi connectivity index (χ0v) is 39.7. The van der Waals surface area contributed by atoms with E-state index in [1.54, 1.807) is 0 Å². The van der Waals surface area contributed by atoms with Gasteiger partial charge in [-0.1, -0.05) is 152 Å². The van der Waals surface area contributed by atoms with E-state index in [-0.39, 0.29) is 21.1 Å². The number of para-hydroxylation sites is 5. The number of rotatable bonds is 9. The summed E-state index contributed by atoms with van der Waals surface area (Å²) >= 11 is 0. The molecule has 0 amide bonds. The number of benzene rings is 9. The molecule has 332 valence electrons. The molecule has 6 nitrogen and oxygen atoms in total. The van der Waals surface area contributed by atoms with E-state index in [9.17, 15) is 0 Å². The average Bonchev–Trinajstić information content (AvgIpc) is 4.07. The van der Waals surface area contributed by atoms with Gasteiger partial charge < -0.3 is 18.4 Å². The van der Waals surface area contributed by atoms with Gasteiger partial charge >= 0.3 is 0 Å². The van der Waals surface area contributed by atoms with Crippen molar-refractivity contribution in [1.29, 1.82) is 0 Å². The predicted octanol–water partition coefficient (Wildman–Crippen LogP) is 14.6. The van der Waals surface area contributed by atoms with Crippen molar-refractivity contribution in [1.82, 2.24) is 18.7 Å². The monoisotopic (exact) mass is 1070 g/mol. The van der Waals surface area contributed by atoms with Crippen molar-refractivity contribution in [2.24, 2.45) is 0 Å². The zero-order chi connectivity index (χ0) is 45.1. The van der Waals surface area contributed by atoms with Gasteiger partial charge in [0.2, 0.25) is 0 Å². The molecule has 0 aliphatic heterocycles. The SMILES string of the molecule is CCc1ccnc(-n2c3[c-]c(Oc4[c-]c(-n5[c-][n+](-c6c(-c7ccccc7)cccc6-c6ccccc6)c6ccccc65)ccc4)ccc3c3cc(-n4c5ccccc5c5ccccc54)ccc32)c1.[Pt]. The Balaban J connectivity index is 0.00000492. The van der Waals surface area contributed by atoms with Gasteiger partial charge in [0.1, 0.15) is 5.82 Å². The van der Waals surface area contributed by atoms with Gasteiger partial charge in [-0.3, -0.25) is 4.57 Å². The van der Waals surface area contributed by atoms with E-state index in [1.165, 1.54) is 27.4 Å². The van der Waals surface area contributed by atoms with Crippen LogP contribution in [-0.4, -0.2) is 18.7 Å². The van der Waals surface area contributed by atoms with E-state index in [4.69, 9.17) is 9.72 Å². The molecule has 0 bridgehead atoms. The number of fused-ring (bicyclic) bond motifs is 7. The first kappa shape index (κ1) is 42.1. The van der Waals surface area contributed by atoms with Crippen molar-refractivity contribution in [3.8, 4) is 56.6 Å². The fourth-order valence-corrected chi connectivity index (χ4v) is 9.99. The van der Waals surface area contributed by atoms with Crippen LogP contribution in [0.5, 0.6) is 11.5 Å². The van der Waals surface area contributed by atoms with Gasteiger partial charge in [-0.25, -0.2) is 4.98 Å². The van der Waals surface area contributed by atoms with Crippen molar-refractivity contribution in [3.05, 3.63) is 243 Å². The van der Waals surface area contributed by atoms with Crippen molar-refractivity contribution >= 4 is 54.6 Å². The Morgan fingerprint density at radius 1 is 0.507 bits per heavy atom. The summed E-state index contributed by atoms with van der Waals surface area (Å²) < 4.78 is 15.6. The Hall–Kier alpha value is -8.31. The molecule has 0 aliphatic rings. The minimum absolute atomic E-state index is 0. The first-order valence-corrected chi connectivity index (χ1v) is 23.0. The third-order valence-corrected chi connectivity index (χ3v) is 13.1. The molecule has 7 heteroatoms. The molecule has 9 aromatic carbocycles. The van der Waals surface area contributed by atoms with Crippen LogP contribution >= 0.6 is 0 Å². The molecular formula is C62H41N5OPt-2. The molecule has 4 aromatic heterocycles. The Labute approximate surface area is 413 Å². The van der Waals surface area contributed by atoms with Crippen LogP contribution < -0.4 is 9.30 Å². The Bertz CT molecular complexity index is 3950. The number of nitrogens with zero attached hydrogens (tertiary/aromatic N) is 5. The fraction of sp³-hybridized carbons (Fsp3) is 0.0323. The summed E-state index contributed by atoms with van der Waals surface area (Å²) in [4.78, 5) is 4.92. The average molecular weight is 1070 g/mol. The molecular weight excluding hydrogens is 1030 g/mol. The van der Waals surface area contributed by atoms with E-state index in [2.05, 4.69) is 232 Å². The molecule has 0 saturated heterocycles. The Morgan fingerprint density at radius 2 is 1.13 bits per heavy atom. The number of aromatic nitrogens is 5. The second-order valence-electron chi connectivity index (χ2n) is 17.1. The molecule has 0 unspecified atom stereocenters. The van der Waals surface area contributed by atoms with E-state index < -0.39 is 0 Å². The maximum Gasteiger partial charge on any atom is 0.268 e. The Kier molecular flexibility index (Phi) is 10.6. The molecule has 0 saturated carbocycles. The summed E-state index contributed by atoms with van der Waals surface area (Å²) in [6.45, 7) is 2.17. The first-order chi connectivity index (χ1) is 33.7. The number of aryl methyl sites for hydroxylation is 1. The van der Waals surface area contributed by atoms with Crippen LogP contribution in [0.4, 0.5) is 0 Å². The van der Waals surface area contributed by atoms with Gasteiger partial charge in [0.05, 0.1) is 27.8 Å². The summed E-state index contributed by atoms with van der Waals surface area (Å²) in [7, 11) is 0. The van der Waals surface area contributed by atoms with Crippen molar-refractivity contribution < 1.29 is 30.4 Å². The normalized spacial score (nSPS) is 11.5. The smallest absolute Gasteiger partial charge is 0.268 e. The molecule has 0 spiro atoms. The molecule has 69 heavy (non-hydrogen) atoms. The largest absolute Gasteiger partial charge is 0.510 e. The number of hydrogen-bond acceptors (Lipinski definition) is 2. The molecule has 13 aromatic rings. The van der Waals surface area contributed by atoms with E-state index >= 15 is 0 Å². The summed E-state index contributed by atoms with van der Waals surface area (Å²) in [5, 5.41) is 4.62. The van der Waals surface area contributed by atoms with E-state index in [0.717, 1.165) is 84.4 Å². The number of pyridine rings is 1. The zero-order valence-electron chi connectivity index (χ0n) is 37.5. The van der Waals surface area contributed by atoms with Crippen LogP contribution in [0.15, 0.2) is 219 Å². The summed E-state index contributed by atoms with van der Waals surface area (Å²) in [6.07, 6.45) is 6.56. The second kappa shape index (κ2) is 17.4. The summed E-state index contributed by atoms with van der Waals surface area (Å²) in [6, 6.07) is 81.8. The molecule has 0 radical (unpaired) electrons. The van der Waals surface area contributed by atoms with E-state index in [0.29, 0.717) is 11.5 Å². The predicted molar refractivity (Wildman–Crippen MR) is 275 cm³/mol. The molecule has 0 atom stereocenters. The Morgan fingerprint density at radius 3 is 1.84 bits per heavy atom. The molecule has 0 fully saturated rings. The van der Waals surface area contributed by atoms with Gasteiger partial charge in [-0.05, 0) is 87.8 Å². The maximum atomic E-state index is 6.73. The van der Waals surface area contributed by atoms with Crippen molar-refractivity contribution in [2.75, 3.05) is 0 Å². The third-order valence-electron chi connectivity index (χ3n) is 13.1. The number of ether oxygens (including phenoxy) is 1. The fourth-order valence-electron chi connectivity index (χ4n) is 9.99. The van der Waals surface area contributed by atoms with Crippen LogP contribution in [0.3, 0.4) is 0 Å². The van der Waals surface area contributed by atoms with Gasteiger partial charge in [0.25, 0.3) is 6.33 Å². The van der Waals surface area contributed by atoms with Gasteiger partial charge in [0, 0.05) is 60.7 Å². The third kappa shape index (κ3) is 7.15. The molecule has 0 N–H and O–H groups in total. The minimum Gasteiger partial charge on any atom is -0.510 e. The van der Waals surface area contributed by atoms with Gasteiger partial charge in [-0.2, -0.15) is 18.2 Å². The van der Waals surface area contributed by atoms with Crippen LogP contribution in [0.1, 0.15) is 12.5 Å². The van der Waals surface area contributed by atoms with Crippen molar-refractivity contribution in [3.63, 3.8) is 0 Å². The van der Waals surface area contributed by atoms with E-state index in [1.807, 2.05) is 30.5 Å². The standard InChI is InChI=1S/C62H41N5O.Pt/c1-2-42-35-36-63-61(37-42)67-57-34-31-46(66-55-27-11-9-23-51(55)52-24-10-12-28-56(52)66)39-54(57)53-33-32-48(40-60(53)67)68-47-22-15-21-45(38-47)64-41-65(59-30-14-13-29-58(59)64)62-49(43-17-5-3-6-18-43)25-16-26-50(62)44-19-7-4-8-20-44;/h3-37,39H,2H2,1H3;/q-2;. The van der Waals surface area contributed by atoms with Crippen LogP contribution in [0.2, 0.25) is 0 Å². The molecule has 13 rings (SSSR count). The quantitative estimate of drug-likeness (QED) is 0.107. The molecule has 0 aliphatic carbocycles. The van der Waals surface area contributed by atoms with Crippen molar-refractivity contribution in [2.45, 2.75) is 13.3 Å². The van der Waals surface area contributed by atoms with Gasteiger partial charge in [0.15, 0.2) is 0 Å². The number of hydrogen-bond donors (Lipinski definition) is 0. The minimum atomic E-state index is 0. The topological polar surface area (TPSA) is 40.8 Å².